The van der Waals surface area contributed by atoms with Crippen molar-refractivity contribution in [3.8, 4) is 11.5 Å². The van der Waals surface area contributed by atoms with E-state index in [4.69, 9.17) is 16.3 Å². The zero-order chi connectivity index (χ0) is 22.3. The predicted molar refractivity (Wildman–Crippen MR) is 125 cm³/mol. The van der Waals surface area contributed by atoms with Crippen LogP contribution in [0.5, 0.6) is 11.5 Å². The van der Waals surface area contributed by atoms with Crippen molar-refractivity contribution in [2.75, 3.05) is 38.0 Å². The third-order valence-electron chi connectivity index (χ3n) is 5.23. The zero-order valence-electron chi connectivity index (χ0n) is 17.5. The molecule has 1 N–H and O–H groups in total. The number of hydrogen-bond donors (Lipinski definition) is 1. The lowest BCUT2D eigenvalue weighted by Gasteiger charge is -2.34. The number of rotatable bonds is 6. The maximum absolute atomic E-state index is 12.7. The third-order valence-corrected chi connectivity index (χ3v) is 5.47. The van der Waals surface area contributed by atoms with Gasteiger partial charge in [-0.15, -0.1) is 0 Å². The van der Waals surface area contributed by atoms with Crippen molar-refractivity contribution in [3.63, 3.8) is 0 Å². The Bertz CT molecular complexity index is 1080. The molecule has 1 saturated heterocycles. The smallest absolute Gasteiger partial charge is 0.253 e. The quantitative estimate of drug-likeness (QED) is 0.600. The first-order chi connectivity index (χ1) is 15.6. The Labute approximate surface area is 192 Å². The SMILES string of the molecule is O=C(CN1CCN(C(=O)c2cccc(Cl)c2)CC1)Nc1ccccc1Oc1ccccc1. The Morgan fingerprint density at radius 3 is 2.34 bits per heavy atom. The largest absolute Gasteiger partial charge is 0.455 e. The number of amides is 2. The average molecular weight is 450 g/mol. The van der Waals surface area contributed by atoms with E-state index in [-0.39, 0.29) is 18.4 Å². The van der Waals surface area contributed by atoms with Gasteiger partial charge in [-0.25, -0.2) is 0 Å². The Balaban J connectivity index is 1.30. The monoisotopic (exact) mass is 449 g/mol. The Morgan fingerprint density at radius 2 is 1.59 bits per heavy atom. The predicted octanol–water partition coefficient (Wildman–Crippen LogP) is 4.53. The molecule has 0 radical (unpaired) electrons. The second-order valence-electron chi connectivity index (χ2n) is 7.54. The summed E-state index contributed by atoms with van der Waals surface area (Å²) >= 11 is 6.00. The van der Waals surface area contributed by atoms with Crippen molar-refractivity contribution in [1.29, 1.82) is 0 Å². The van der Waals surface area contributed by atoms with Gasteiger partial charge in [0, 0.05) is 36.8 Å². The first-order valence-electron chi connectivity index (χ1n) is 10.5. The Morgan fingerprint density at radius 1 is 0.875 bits per heavy atom. The molecule has 0 atom stereocenters. The summed E-state index contributed by atoms with van der Waals surface area (Å²) in [6.07, 6.45) is 0. The van der Waals surface area contributed by atoms with Gasteiger partial charge in [0.1, 0.15) is 5.75 Å². The number of piperazine rings is 1. The minimum atomic E-state index is -0.122. The fourth-order valence-corrected chi connectivity index (χ4v) is 3.77. The van der Waals surface area contributed by atoms with Gasteiger partial charge in [-0.3, -0.25) is 14.5 Å². The molecule has 32 heavy (non-hydrogen) atoms. The zero-order valence-corrected chi connectivity index (χ0v) is 18.3. The number of anilines is 1. The standard InChI is InChI=1S/C25H24ClN3O3/c26-20-8-6-7-19(17-20)25(31)29-15-13-28(14-16-29)18-24(30)27-22-11-4-5-12-23(22)32-21-9-2-1-3-10-21/h1-12,17H,13-16,18H2,(H,27,30). The number of ether oxygens (including phenoxy) is 1. The molecule has 7 heteroatoms. The van der Waals surface area contributed by atoms with Gasteiger partial charge in [0.15, 0.2) is 5.75 Å². The normalized spacial score (nSPS) is 14.1. The summed E-state index contributed by atoms with van der Waals surface area (Å²) in [6, 6.07) is 23.8. The van der Waals surface area contributed by atoms with E-state index >= 15 is 0 Å². The van der Waals surface area contributed by atoms with Crippen molar-refractivity contribution in [2.24, 2.45) is 0 Å². The van der Waals surface area contributed by atoms with Crippen molar-refractivity contribution in [1.82, 2.24) is 9.80 Å². The molecule has 0 spiro atoms. The molecule has 6 nitrogen and oxygen atoms in total. The van der Waals surface area contributed by atoms with E-state index in [1.807, 2.05) is 59.5 Å². The number of benzene rings is 3. The summed E-state index contributed by atoms with van der Waals surface area (Å²) < 4.78 is 5.91. The molecule has 0 aromatic heterocycles. The lowest BCUT2D eigenvalue weighted by Crippen LogP contribution is -2.50. The van der Waals surface area contributed by atoms with Crippen molar-refractivity contribution >= 4 is 29.1 Å². The van der Waals surface area contributed by atoms with E-state index in [1.54, 1.807) is 29.2 Å². The molecule has 164 valence electrons. The third kappa shape index (κ3) is 5.66. The summed E-state index contributed by atoms with van der Waals surface area (Å²) in [4.78, 5) is 29.2. The summed E-state index contributed by atoms with van der Waals surface area (Å²) in [5.41, 5.74) is 1.20. The van der Waals surface area contributed by atoms with Crippen LogP contribution in [0.4, 0.5) is 5.69 Å². The highest BCUT2D eigenvalue weighted by molar-refractivity contribution is 6.30. The highest BCUT2D eigenvalue weighted by Gasteiger charge is 2.23. The maximum Gasteiger partial charge on any atom is 0.253 e. The Kier molecular flexibility index (Phi) is 7.04. The number of halogens is 1. The summed E-state index contributed by atoms with van der Waals surface area (Å²) in [5, 5.41) is 3.49. The van der Waals surface area contributed by atoms with Crippen LogP contribution < -0.4 is 10.1 Å². The molecular formula is C25H24ClN3O3. The molecule has 4 rings (SSSR count). The van der Waals surface area contributed by atoms with E-state index in [0.717, 1.165) is 0 Å². The Hall–Kier alpha value is -3.35. The topological polar surface area (TPSA) is 61.9 Å². The molecule has 0 bridgehead atoms. The molecule has 1 aliphatic rings. The fraction of sp³-hybridized carbons (Fsp3) is 0.200. The van der Waals surface area contributed by atoms with Crippen LogP contribution in [0.1, 0.15) is 10.4 Å². The molecule has 3 aromatic carbocycles. The highest BCUT2D eigenvalue weighted by atomic mass is 35.5. The lowest BCUT2D eigenvalue weighted by atomic mass is 10.2. The number of para-hydroxylation sites is 3. The average Bonchev–Trinajstić information content (AvgIpc) is 2.81. The van der Waals surface area contributed by atoms with Crippen molar-refractivity contribution in [2.45, 2.75) is 0 Å². The van der Waals surface area contributed by atoms with Crippen LogP contribution >= 0.6 is 11.6 Å². The molecule has 1 heterocycles. The lowest BCUT2D eigenvalue weighted by molar-refractivity contribution is -0.117. The van der Waals surface area contributed by atoms with Crippen LogP contribution in [0.3, 0.4) is 0 Å². The van der Waals surface area contributed by atoms with Gasteiger partial charge in [0.2, 0.25) is 5.91 Å². The number of nitrogens with one attached hydrogen (secondary N) is 1. The van der Waals surface area contributed by atoms with Gasteiger partial charge in [-0.1, -0.05) is 48.0 Å². The second-order valence-corrected chi connectivity index (χ2v) is 7.97. The molecular weight excluding hydrogens is 426 g/mol. The van der Waals surface area contributed by atoms with Gasteiger partial charge >= 0.3 is 0 Å². The molecule has 1 aliphatic heterocycles. The van der Waals surface area contributed by atoms with Crippen LogP contribution in [0.15, 0.2) is 78.9 Å². The molecule has 3 aromatic rings. The van der Waals surface area contributed by atoms with E-state index in [2.05, 4.69) is 5.32 Å². The minimum absolute atomic E-state index is 0.0383. The van der Waals surface area contributed by atoms with E-state index in [0.29, 0.717) is 54.0 Å². The highest BCUT2D eigenvalue weighted by Crippen LogP contribution is 2.29. The van der Waals surface area contributed by atoms with Crippen molar-refractivity contribution < 1.29 is 14.3 Å². The van der Waals surface area contributed by atoms with Crippen LogP contribution in [0.2, 0.25) is 5.02 Å². The van der Waals surface area contributed by atoms with Crippen LogP contribution in [-0.4, -0.2) is 54.3 Å². The minimum Gasteiger partial charge on any atom is -0.455 e. The van der Waals surface area contributed by atoms with Crippen LogP contribution in [0, 0.1) is 0 Å². The molecule has 2 amide bonds. The van der Waals surface area contributed by atoms with Crippen LogP contribution in [-0.2, 0) is 4.79 Å². The second kappa shape index (κ2) is 10.3. The van der Waals surface area contributed by atoms with Gasteiger partial charge in [0.05, 0.1) is 12.2 Å². The van der Waals surface area contributed by atoms with Crippen LogP contribution in [0.25, 0.3) is 0 Å². The number of nitrogens with zero attached hydrogens (tertiary/aromatic N) is 2. The van der Waals surface area contributed by atoms with Crippen molar-refractivity contribution in [3.05, 3.63) is 89.4 Å². The molecule has 0 saturated carbocycles. The van der Waals surface area contributed by atoms with Gasteiger partial charge in [-0.05, 0) is 42.5 Å². The molecule has 0 unspecified atom stereocenters. The maximum atomic E-state index is 12.7. The first kappa shape index (κ1) is 21.9. The van der Waals surface area contributed by atoms with Gasteiger partial charge in [-0.2, -0.15) is 0 Å². The number of carbonyl (C=O) groups is 2. The van der Waals surface area contributed by atoms with E-state index < -0.39 is 0 Å². The number of carbonyl (C=O) groups excluding carboxylic acids is 2. The first-order valence-corrected chi connectivity index (χ1v) is 10.9. The van der Waals surface area contributed by atoms with E-state index in [9.17, 15) is 9.59 Å². The van der Waals surface area contributed by atoms with E-state index in [1.165, 1.54) is 0 Å². The fourth-order valence-electron chi connectivity index (χ4n) is 3.58. The van der Waals surface area contributed by atoms with Gasteiger partial charge < -0.3 is 15.0 Å². The molecule has 0 aliphatic carbocycles. The summed E-state index contributed by atoms with van der Waals surface area (Å²) in [6.45, 7) is 2.63. The van der Waals surface area contributed by atoms with Gasteiger partial charge in [0.25, 0.3) is 5.91 Å². The molecule has 1 fully saturated rings. The summed E-state index contributed by atoms with van der Waals surface area (Å²) in [7, 11) is 0. The summed E-state index contributed by atoms with van der Waals surface area (Å²) in [5.74, 6) is 1.13. The number of hydrogen-bond acceptors (Lipinski definition) is 4.